The van der Waals surface area contributed by atoms with Crippen molar-refractivity contribution in [3.63, 3.8) is 0 Å². The van der Waals surface area contributed by atoms with Crippen molar-refractivity contribution in [2.75, 3.05) is 18.4 Å². The summed E-state index contributed by atoms with van der Waals surface area (Å²) in [5.74, 6) is -0.405. The van der Waals surface area contributed by atoms with E-state index in [1.807, 2.05) is 37.3 Å². The monoisotopic (exact) mass is 382 g/mol. The average molecular weight is 382 g/mol. The van der Waals surface area contributed by atoms with E-state index in [2.05, 4.69) is 20.2 Å². The number of fused-ring (bicyclic) bond motifs is 1. The van der Waals surface area contributed by atoms with Crippen LogP contribution in [0, 0.1) is 5.82 Å². The van der Waals surface area contributed by atoms with Crippen LogP contribution in [0.5, 0.6) is 0 Å². The Morgan fingerprint density at radius 3 is 2.93 bits per heavy atom. The summed E-state index contributed by atoms with van der Waals surface area (Å²) in [5, 5.41) is 3.54. The van der Waals surface area contributed by atoms with E-state index in [1.165, 1.54) is 23.6 Å². The molecule has 1 N–H and O–H groups in total. The third-order valence-corrected chi connectivity index (χ3v) is 5.72. The van der Waals surface area contributed by atoms with Gasteiger partial charge in [-0.1, -0.05) is 29.5 Å². The number of pyridine rings is 1. The minimum atomic E-state index is -0.334. The Hall–Kier alpha value is -2.64. The van der Waals surface area contributed by atoms with E-state index in [4.69, 9.17) is 0 Å². The number of thiazole rings is 1. The van der Waals surface area contributed by atoms with Gasteiger partial charge in [-0.15, -0.1) is 0 Å². The smallest absolute Gasteiger partial charge is 0.243 e. The number of anilines is 1. The molecule has 1 amide bonds. The molecule has 7 heteroatoms. The normalized spacial score (nSPS) is 16.1. The summed E-state index contributed by atoms with van der Waals surface area (Å²) in [7, 11) is 0. The Morgan fingerprint density at radius 2 is 2.19 bits per heavy atom. The molecule has 1 unspecified atom stereocenters. The minimum Gasteiger partial charge on any atom is -0.301 e. The molecule has 0 radical (unpaired) electrons. The number of rotatable bonds is 4. The molecule has 0 fully saturated rings. The molecule has 2 aromatic heterocycles. The van der Waals surface area contributed by atoms with Gasteiger partial charge in [0, 0.05) is 19.3 Å². The van der Waals surface area contributed by atoms with Crippen LogP contribution in [-0.4, -0.2) is 39.9 Å². The zero-order chi connectivity index (χ0) is 18.8. The number of hydrogen-bond donors (Lipinski definition) is 1. The van der Waals surface area contributed by atoms with E-state index < -0.39 is 0 Å². The van der Waals surface area contributed by atoms with E-state index in [0.29, 0.717) is 11.7 Å². The second-order valence-electron chi connectivity index (χ2n) is 6.52. The van der Waals surface area contributed by atoms with Crippen LogP contribution in [-0.2, 0) is 4.79 Å². The molecule has 1 aromatic carbocycles. The van der Waals surface area contributed by atoms with Crippen molar-refractivity contribution in [3.8, 4) is 0 Å². The zero-order valence-electron chi connectivity index (χ0n) is 14.9. The molecule has 138 valence electrons. The predicted octanol–water partition coefficient (Wildman–Crippen LogP) is 3.95. The van der Waals surface area contributed by atoms with Crippen LogP contribution in [0.2, 0.25) is 0 Å². The van der Waals surface area contributed by atoms with Crippen LogP contribution in [0.3, 0.4) is 0 Å². The minimum absolute atomic E-state index is 0.0710. The molecule has 0 aliphatic carbocycles. The molecule has 4 rings (SSSR count). The third kappa shape index (κ3) is 3.89. The van der Waals surface area contributed by atoms with Gasteiger partial charge in [0.25, 0.3) is 0 Å². The van der Waals surface area contributed by atoms with Gasteiger partial charge < -0.3 is 5.32 Å². The molecule has 1 aliphatic heterocycles. The maximum Gasteiger partial charge on any atom is 0.243 e. The van der Waals surface area contributed by atoms with Crippen LogP contribution in [0.4, 0.5) is 9.52 Å². The molecule has 0 saturated carbocycles. The second kappa shape index (κ2) is 7.54. The van der Waals surface area contributed by atoms with Gasteiger partial charge in [0.05, 0.1) is 22.5 Å². The van der Waals surface area contributed by atoms with Crippen LogP contribution in [0.15, 0.2) is 48.8 Å². The van der Waals surface area contributed by atoms with Gasteiger partial charge in [0.1, 0.15) is 5.82 Å². The summed E-state index contributed by atoms with van der Waals surface area (Å²) in [6.07, 6.45) is 5.67. The topological polar surface area (TPSA) is 58.1 Å². The maximum atomic E-state index is 13.4. The van der Waals surface area contributed by atoms with Crippen LogP contribution in [0.1, 0.15) is 18.9 Å². The summed E-state index contributed by atoms with van der Waals surface area (Å²) in [5.41, 5.74) is 2.76. The highest BCUT2D eigenvalue weighted by atomic mass is 32.1. The van der Waals surface area contributed by atoms with Gasteiger partial charge in [0.15, 0.2) is 5.13 Å². The lowest BCUT2D eigenvalue weighted by atomic mass is 10.00. The van der Waals surface area contributed by atoms with Crippen LogP contribution < -0.4 is 5.32 Å². The fourth-order valence-corrected chi connectivity index (χ4v) is 4.06. The number of hydrogen-bond acceptors (Lipinski definition) is 5. The van der Waals surface area contributed by atoms with Crippen molar-refractivity contribution in [1.82, 2.24) is 14.9 Å². The highest BCUT2D eigenvalue weighted by molar-refractivity contribution is 7.22. The standard InChI is InChI=1S/C20H19FN4OS/c1-13(19(26)24-20-23-17-4-2-3-5-18(17)27-20)25-8-6-14(7-9-25)15-10-16(21)12-22-11-15/h2-6,10-13H,7-9H2,1H3,(H,23,24,26). The molecular weight excluding hydrogens is 363 g/mol. The lowest BCUT2D eigenvalue weighted by Crippen LogP contribution is -2.44. The van der Waals surface area contributed by atoms with Gasteiger partial charge in [-0.05, 0) is 42.7 Å². The number of halogens is 1. The largest absolute Gasteiger partial charge is 0.301 e. The molecule has 27 heavy (non-hydrogen) atoms. The number of benzene rings is 1. The molecule has 0 saturated heterocycles. The summed E-state index contributed by atoms with van der Waals surface area (Å²) >= 11 is 1.47. The number of para-hydroxylation sites is 1. The Labute approximate surface area is 160 Å². The average Bonchev–Trinajstić information content (AvgIpc) is 3.09. The van der Waals surface area contributed by atoms with Crippen molar-refractivity contribution >= 4 is 38.2 Å². The number of carbonyl (C=O) groups is 1. The van der Waals surface area contributed by atoms with Gasteiger partial charge in [-0.3, -0.25) is 14.7 Å². The van der Waals surface area contributed by atoms with E-state index in [-0.39, 0.29) is 17.8 Å². The number of carbonyl (C=O) groups excluding carboxylic acids is 1. The van der Waals surface area contributed by atoms with E-state index >= 15 is 0 Å². The highest BCUT2D eigenvalue weighted by Gasteiger charge is 2.24. The van der Waals surface area contributed by atoms with Gasteiger partial charge >= 0.3 is 0 Å². The first kappa shape index (κ1) is 17.8. The Balaban J connectivity index is 1.41. The first-order valence-electron chi connectivity index (χ1n) is 8.80. The van der Waals surface area contributed by atoms with Crippen molar-refractivity contribution < 1.29 is 9.18 Å². The molecule has 1 aliphatic rings. The Morgan fingerprint density at radius 1 is 1.33 bits per heavy atom. The number of aromatic nitrogens is 2. The Kier molecular flexibility index (Phi) is 4.96. The number of nitrogens with zero attached hydrogens (tertiary/aromatic N) is 3. The quantitative estimate of drug-likeness (QED) is 0.742. The van der Waals surface area contributed by atoms with Crippen molar-refractivity contribution in [2.24, 2.45) is 0 Å². The zero-order valence-corrected chi connectivity index (χ0v) is 15.7. The van der Waals surface area contributed by atoms with Crippen molar-refractivity contribution in [1.29, 1.82) is 0 Å². The fourth-order valence-electron chi connectivity index (χ4n) is 3.19. The Bertz CT molecular complexity index is 983. The lowest BCUT2D eigenvalue weighted by molar-refractivity contribution is -0.120. The van der Waals surface area contributed by atoms with Crippen LogP contribution in [0.25, 0.3) is 15.8 Å². The summed E-state index contributed by atoms with van der Waals surface area (Å²) in [6, 6.07) is 9.04. The molecule has 1 atom stereocenters. The van der Waals surface area contributed by atoms with E-state index in [9.17, 15) is 9.18 Å². The van der Waals surface area contributed by atoms with E-state index in [0.717, 1.165) is 34.3 Å². The third-order valence-electron chi connectivity index (χ3n) is 4.77. The van der Waals surface area contributed by atoms with Crippen LogP contribution >= 0.6 is 11.3 Å². The summed E-state index contributed by atoms with van der Waals surface area (Å²) in [6.45, 7) is 3.27. The van der Waals surface area contributed by atoms with Crippen molar-refractivity contribution in [3.05, 3.63) is 60.2 Å². The van der Waals surface area contributed by atoms with Crippen molar-refractivity contribution in [2.45, 2.75) is 19.4 Å². The van der Waals surface area contributed by atoms with Gasteiger partial charge in [0.2, 0.25) is 5.91 Å². The molecule has 3 aromatic rings. The fraction of sp³-hybridized carbons (Fsp3) is 0.250. The van der Waals surface area contributed by atoms with Gasteiger partial charge in [-0.2, -0.15) is 0 Å². The molecule has 0 bridgehead atoms. The second-order valence-corrected chi connectivity index (χ2v) is 7.55. The first-order chi connectivity index (χ1) is 13.1. The van der Waals surface area contributed by atoms with Gasteiger partial charge in [-0.25, -0.2) is 9.37 Å². The summed E-state index contributed by atoms with van der Waals surface area (Å²) < 4.78 is 14.4. The first-order valence-corrected chi connectivity index (χ1v) is 9.62. The molecule has 3 heterocycles. The number of amides is 1. The number of nitrogens with one attached hydrogen (secondary N) is 1. The lowest BCUT2D eigenvalue weighted by Gasteiger charge is -2.30. The van der Waals surface area contributed by atoms with E-state index in [1.54, 1.807) is 6.20 Å². The summed E-state index contributed by atoms with van der Waals surface area (Å²) in [4.78, 5) is 23.1. The molecule has 5 nitrogen and oxygen atoms in total. The maximum absolute atomic E-state index is 13.4. The molecule has 0 spiro atoms. The predicted molar refractivity (Wildman–Crippen MR) is 106 cm³/mol. The SMILES string of the molecule is CC(C(=O)Nc1nc2ccccc2s1)N1CC=C(c2cncc(F)c2)CC1. The highest BCUT2D eigenvalue weighted by Crippen LogP contribution is 2.26. The molecular formula is C20H19FN4OS.